The second kappa shape index (κ2) is 5.33. The Hall–Kier alpha value is -0.340. The van der Waals surface area contributed by atoms with E-state index in [0.717, 1.165) is 0 Å². The zero-order valence-corrected chi connectivity index (χ0v) is 12.4. The largest absolute Gasteiger partial charge is 0.0839 e. The summed E-state index contributed by atoms with van der Waals surface area (Å²) in [5, 5.41) is 2.63. The molecule has 16 heavy (non-hydrogen) atoms. The zero-order valence-electron chi connectivity index (χ0n) is 9.21. The second-order valence-corrected chi connectivity index (χ2v) is 5.90. The maximum atomic E-state index is 3.78. The summed E-state index contributed by atoms with van der Waals surface area (Å²) in [7, 11) is 0. The van der Waals surface area contributed by atoms with Crippen molar-refractivity contribution in [3.63, 3.8) is 0 Å². The molecule has 0 N–H and O–H groups in total. The van der Waals surface area contributed by atoms with Crippen LogP contribution in [-0.2, 0) is 0 Å². The molecule has 0 spiro atoms. The molecular formula is C14H14Br2. The molecule has 1 unspecified atom stereocenters. The van der Waals surface area contributed by atoms with Gasteiger partial charge in [-0.25, -0.2) is 0 Å². The van der Waals surface area contributed by atoms with Gasteiger partial charge in [-0.15, -0.1) is 0 Å². The number of benzene rings is 2. The molecular weight excluding hydrogens is 328 g/mol. The Balaban J connectivity index is 2.58. The first-order chi connectivity index (χ1) is 7.74. The maximum Gasteiger partial charge on any atom is 0.0401 e. The molecule has 0 saturated heterocycles. The van der Waals surface area contributed by atoms with Crippen molar-refractivity contribution in [2.24, 2.45) is 0 Å². The van der Waals surface area contributed by atoms with E-state index in [9.17, 15) is 0 Å². The third-order valence-corrected chi connectivity index (χ3v) is 4.43. The van der Waals surface area contributed by atoms with Crippen LogP contribution in [0.25, 0.3) is 10.8 Å². The molecule has 2 aromatic carbocycles. The lowest BCUT2D eigenvalue weighted by molar-refractivity contribution is 0.792. The number of fused-ring (bicyclic) bond motifs is 1. The minimum atomic E-state index is 0.454. The van der Waals surface area contributed by atoms with Gasteiger partial charge in [0.2, 0.25) is 0 Å². The Morgan fingerprint density at radius 1 is 1.06 bits per heavy atom. The van der Waals surface area contributed by atoms with Gasteiger partial charge in [-0.05, 0) is 28.8 Å². The van der Waals surface area contributed by atoms with Crippen LogP contribution >= 0.6 is 31.9 Å². The van der Waals surface area contributed by atoms with Crippen LogP contribution in [0, 0.1) is 0 Å². The molecule has 0 aliphatic heterocycles. The summed E-state index contributed by atoms with van der Waals surface area (Å²) in [6.07, 6.45) is 2.37. The summed E-state index contributed by atoms with van der Waals surface area (Å²) >= 11 is 7.38. The van der Waals surface area contributed by atoms with Crippen LogP contribution in [0.5, 0.6) is 0 Å². The van der Waals surface area contributed by atoms with E-state index in [2.05, 4.69) is 75.2 Å². The van der Waals surface area contributed by atoms with Crippen LogP contribution in [0.15, 0.2) is 40.9 Å². The molecule has 0 fully saturated rings. The lowest BCUT2D eigenvalue weighted by Crippen LogP contribution is -1.91. The number of halogens is 2. The molecule has 0 heterocycles. The van der Waals surface area contributed by atoms with Crippen LogP contribution in [0.2, 0.25) is 0 Å². The third-order valence-electron chi connectivity index (χ3n) is 2.78. The maximum absolute atomic E-state index is 3.78. The topological polar surface area (TPSA) is 0 Å². The van der Waals surface area contributed by atoms with Crippen molar-refractivity contribution in [1.29, 1.82) is 0 Å². The zero-order chi connectivity index (χ0) is 11.5. The van der Waals surface area contributed by atoms with Gasteiger partial charge in [0.05, 0.1) is 0 Å². The average molecular weight is 342 g/mol. The summed E-state index contributed by atoms with van der Waals surface area (Å²) in [6.45, 7) is 2.22. The van der Waals surface area contributed by atoms with Crippen LogP contribution in [-0.4, -0.2) is 0 Å². The third kappa shape index (κ3) is 2.33. The minimum absolute atomic E-state index is 0.454. The van der Waals surface area contributed by atoms with Crippen molar-refractivity contribution < 1.29 is 0 Å². The Morgan fingerprint density at radius 3 is 2.44 bits per heavy atom. The van der Waals surface area contributed by atoms with Gasteiger partial charge in [0, 0.05) is 9.30 Å². The van der Waals surface area contributed by atoms with Crippen molar-refractivity contribution in [2.45, 2.75) is 24.6 Å². The van der Waals surface area contributed by atoms with Crippen LogP contribution in [0.3, 0.4) is 0 Å². The number of rotatable bonds is 3. The molecule has 0 saturated carbocycles. The van der Waals surface area contributed by atoms with Crippen molar-refractivity contribution in [1.82, 2.24) is 0 Å². The standard InChI is InChI=1S/C14H14Br2/c1-2-5-13(15)12-8-9-14(16)11-7-4-3-6-10(11)12/h3-4,6-9,13H,2,5H2,1H3. The number of hydrogen-bond donors (Lipinski definition) is 0. The second-order valence-electron chi connectivity index (χ2n) is 3.94. The van der Waals surface area contributed by atoms with Gasteiger partial charge in [-0.2, -0.15) is 0 Å². The van der Waals surface area contributed by atoms with Crippen molar-refractivity contribution >= 4 is 42.6 Å². The highest BCUT2D eigenvalue weighted by atomic mass is 79.9. The summed E-state index contributed by atoms with van der Waals surface area (Å²) in [5.41, 5.74) is 1.39. The van der Waals surface area contributed by atoms with Crippen LogP contribution in [0.1, 0.15) is 30.2 Å². The first-order valence-corrected chi connectivity index (χ1v) is 7.26. The van der Waals surface area contributed by atoms with E-state index in [1.807, 2.05) is 0 Å². The van der Waals surface area contributed by atoms with Crippen molar-refractivity contribution in [3.05, 3.63) is 46.4 Å². The van der Waals surface area contributed by atoms with E-state index in [-0.39, 0.29) is 0 Å². The lowest BCUT2D eigenvalue weighted by Gasteiger charge is -2.13. The predicted molar refractivity (Wildman–Crippen MR) is 78.2 cm³/mol. The van der Waals surface area contributed by atoms with Crippen LogP contribution < -0.4 is 0 Å². The van der Waals surface area contributed by atoms with E-state index in [1.165, 1.54) is 33.7 Å². The van der Waals surface area contributed by atoms with Gasteiger partial charge in [0.15, 0.2) is 0 Å². The molecule has 84 valence electrons. The monoisotopic (exact) mass is 340 g/mol. The van der Waals surface area contributed by atoms with E-state index in [4.69, 9.17) is 0 Å². The summed E-state index contributed by atoms with van der Waals surface area (Å²) < 4.78 is 1.17. The van der Waals surface area contributed by atoms with Gasteiger partial charge in [-0.3, -0.25) is 0 Å². The van der Waals surface area contributed by atoms with E-state index in [1.54, 1.807) is 0 Å². The van der Waals surface area contributed by atoms with Gasteiger partial charge < -0.3 is 0 Å². The summed E-state index contributed by atoms with van der Waals surface area (Å²) in [4.78, 5) is 0.454. The smallest absolute Gasteiger partial charge is 0.0401 e. The fourth-order valence-electron chi connectivity index (χ4n) is 1.97. The first kappa shape index (κ1) is 12.1. The van der Waals surface area contributed by atoms with Gasteiger partial charge in [-0.1, -0.05) is 75.5 Å². The van der Waals surface area contributed by atoms with Gasteiger partial charge in [0.25, 0.3) is 0 Å². The molecule has 1 atom stereocenters. The van der Waals surface area contributed by atoms with Gasteiger partial charge in [0.1, 0.15) is 0 Å². The molecule has 0 amide bonds. The molecule has 0 aromatic heterocycles. The number of hydrogen-bond acceptors (Lipinski definition) is 0. The normalized spacial score (nSPS) is 12.9. The molecule has 0 bridgehead atoms. The average Bonchev–Trinajstić information content (AvgIpc) is 2.30. The lowest BCUT2D eigenvalue weighted by atomic mass is 10.0. The number of alkyl halides is 1. The van der Waals surface area contributed by atoms with Gasteiger partial charge >= 0.3 is 0 Å². The fourth-order valence-corrected chi connectivity index (χ4v) is 3.30. The highest BCUT2D eigenvalue weighted by Crippen LogP contribution is 2.35. The van der Waals surface area contributed by atoms with Crippen molar-refractivity contribution in [3.8, 4) is 0 Å². The predicted octanol–water partition coefficient (Wildman–Crippen LogP) is 5.84. The van der Waals surface area contributed by atoms with Crippen LogP contribution in [0.4, 0.5) is 0 Å². The molecule has 0 radical (unpaired) electrons. The molecule has 0 aliphatic rings. The molecule has 2 heteroatoms. The highest BCUT2D eigenvalue weighted by Gasteiger charge is 2.11. The Morgan fingerprint density at radius 2 is 1.75 bits per heavy atom. The highest BCUT2D eigenvalue weighted by molar-refractivity contribution is 9.10. The molecule has 2 aromatic rings. The van der Waals surface area contributed by atoms with E-state index < -0.39 is 0 Å². The molecule has 2 rings (SSSR count). The van der Waals surface area contributed by atoms with E-state index in [0.29, 0.717) is 4.83 Å². The first-order valence-electron chi connectivity index (χ1n) is 5.55. The summed E-state index contributed by atoms with van der Waals surface area (Å²) in [6, 6.07) is 12.9. The summed E-state index contributed by atoms with van der Waals surface area (Å²) in [5.74, 6) is 0. The SMILES string of the molecule is CCCC(Br)c1ccc(Br)c2ccccc12. The molecule has 0 aliphatic carbocycles. The fraction of sp³-hybridized carbons (Fsp3) is 0.286. The quantitative estimate of drug-likeness (QED) is 0.615. The Bertz CT molecular complexity index is 491. The van der Waals surface area contributed by atoms with E-state index >= 15 is 0 Å². The minimum Gasteiger partial charge on any atom is -0.0839 e. The Labute approximate surface area is 113 Å². The molecule has 0 nitrogen and oxygen atoms in total. The Kier molecular flexibility index (Phi) is 4.04. The van der Waals surface area contributed by atoms with Crippen molar-refractivity contribution in [2.75, 3.05) is 0 Å².